The van der Waals surface area contributed by atoms with E-state index in [1.165, 1.54) is 5.56 Å². The topological polar surface area (TPSA) is 55.4 Å². The number of β-lactam (4-membered cyclic amide) rings is 1. The first-order valence-corrected chi connectivity index (χ1v) is 8.08. The number of hydrogen-bond acceptors (Lipinski definition) is 3. The number of hydrogen-bond donors (Lipinski definition) is 1. The van der Waals surface area contributed by atoms with Crippen molar-refractivity contribution in [2.45, 2.75) is 52.1 Å². The van der Waals surface area contributed by atoms with E-state index in [-0.39, 0.29) is 17.3 Å². The summed E-state index contributed by atoms with van der Waals surface area (Å²) in [6.45, 7) is 7.47. The number of allylic oxidation sites excluding steroid dienone is 1. The number of nitrogens with one attached hydrogen (secondary N) is 1. The number of amides is 1. The average molecular weight is 315 g/mol. The minimum atomic E-state index is -0.193. The number of rotatable bonds is 6. The second-order valence-electron chi connectivity index (χ2n) is 6.91. The van der Waals surface area contributed by atoms with E-state index in [1.807, 2.05) is 18.2 Å². The lowest BCUT2D eigenvalue weighted by Crippen LogP contribution is -2.40. The van der Waals surface area contributed by atoms with Gasteiger partial charge in [-0.15, -0.1) is 0 Å². The number of benzene rings is 1. The quantitative estimate of drug-likeness (QED) is 0.379. The van der Waals surface area contributed by atoms with Gasteiger partial charge in [0.2, 0.25) is 5.91 Å². The largest absolute Gasteiger partial charge is 0.461 e. The van der Waals surface area contributed by atoms with Crippen LogP contribution in [0, 0.1) is 0 Å². The Morgan fingerprint density at radius 2 is 1.96 bits per heavy atom. The van der Waals surface area contributed by atoms with E-state index in [2.05, 4.69) is 38.2 Å². The van der Waals surface area contributed by atoms with E-state index < -0.39 is 0 Å². The fourth-order valence-electron chi connectivity index (χ4n) is 2.29. The molecule has 1 heterocycles. The molecule has 1 aromatic rings. The molecule has 4 heteroatoms. The molecule has 0 radical (unpaired) electrons. The van der Waals surface area contributed by atoms with Gasteiger partial charge < -0.3 is 10.1 Å². The van der Waals surface area contributed by atoms with Gasteiger partial charge in [-0.25, -0.2) is 0 Å². The van der Waals surface area contributed by atoms with Crippen LogP contribution < -0.4 is 5.32 Å². The van der Waals surface area contributed by atoms with Crippen LogP contribution in [0.2, 0.25) is 0 Å². The van der Waals surface area contributed by atoms with Crippen molar-refractivity contribution in [1.82, 2.24) is 5.32 Å². The molecule has 1 aliphatic heterocycles. The molecule has 1 saturated heterocycles. The third-order valence-electron chi connectivity index (χ3n) is 3.93. The summed E-state index contributed by atoms with van der Waals surface area (Å²) in [7, 11) is 0. The Bertz CT molecular complexity index is 594. The fourth-order valence-corrected chi connectivity index (χ4v) is 2.29. The number of carbonyl (C=O) groups excluding carboxylic acids is 2. The highest BCUT2D eigenvalue weighted by Crippen LogP contribution is 2.22. The Labute approximate surface area is 137 Å². The summed E-state index contributed by atoms with van der Waals surface area (Å²) in [5.74, 6) is -0.187. The molecule has 1 aliphatic rings. The van der Waals surface area contributed by atoms with Crippen molar-refractivity contribution in [2.24, 2.45) is 0 Å². The summed E-state index contributed by atoms with van der Waals surface area (Å²) in [6.07, 6.45) is 3.72. The van der Waals surface area contributed by atoms with Crippen LogP contribution in [0.3, 0.4) is 0 Å². The van der Waals surface area contributed by atoms with Crippen LogP contribution in [0.5, 0.6) is 0 Å². The van der Waals surface area contributed by atoms with E-state index in [1.54, 1.807) is 0 Å². The molecule has 23 heavy (non-hydrogen) atoms. The lowest BCUT2D eigenvalue weighted by molar-refractivity contribution is -0.145. The molecule has 0 aromatic heterocycles. The molecule has 0 saturated carbocycles. The predicted molar refractivity (Wildman–Crippen MR) is 89.9 cm³/mol. The predicted octanol–water partition coefficient (Wildman–Crippen LogP) is 3.25. The van der Waals surface area contributed by atoms with Gasteiger partial charge in [-0.2, -0.15) is 0 Å². The maximum absolute atomic E-state index is 11.7. The molecular formula is C19H25NO3. The van der Waals surface area contributed by atoms with Gasteiger partial charge in [-0.1, -0.05) is 51.1 Å². The van der Waals surface area contributed by atoms with Crippen LogP contribution in [0.4, 0.5) is 0 Å². The van der Waals surface area contributed by atoms with Gasteiger partial charge in [-0.05, 0) is 29.4 Å². The molecule has 0 atom stereocenters. The van der Waals surface area contributed by atoms with Crippen molar-refractivity contribution in [3.05, 3.63) is 47.0 Å². The monoisotopic (exact) mass is 315 g/mol. The molecule has 2 rings (SSSR count). The second kappa shape index (κ2) is 7.44. The maximum atomic E-state index is 11.7. The highest BCUT2D eigenvalue weighted by molar-refractivity contribution is 6.00. The highest BCUT2D eigenvalue weighted by Gasteiger charge is 2.18. The Hall–Kier alpha value is -2.10. The molecule has 0 bridgehead atoms. The molecule has 1 aromatic carbocycles. The first kappa shape index (κ1) is 17.3. The molecule has 0 spiro atoms. The van der Waals surface area contributed by atoms with Gasteiger partial charge in [-0.3, -0.25) is 9.59 Å². The molecule has 124 valence electrons. The molecule has 1 amide bonds. The van der Waals surface area contributed by atoms with Crippen molar-refractivity contribution >= 4 is 11.9 Å². The number of unbranched alkanes of at least 4 members (excludes halogenated alkanes) is 1. The Morgan fingerprint density at radius 3 is 2.48 bits per heavy atom. The molecule has 0 aliphatic carbocycles. The lowest BCUT2D eigenvalue weighted by atomic mass is 9.87. The van der Waals surface area contributed by atoms with Gasteiger partial charge >= 0.3 is 5.97 Å². The van der Waals surface area contributed by atoms with Crippen LogP contribution in [-0.4, -0.2) is 18.4 Å². The van der Waals surface area contributed by atoms with Crippen molar-refractivity contribution in [3.63, 3.8) is 0 Å². The fraction of sp³-hybridized carbons (Fsp3) is 0.474. The van der Waals surface area contributed by atoms with Crippen molar-refractivity contribution < 1.29 is 14.3 Å². The summed E-state index contributed by atoms with van der Waals surface area (Å²) < 4.78 is 5.28. The summed E-state index contributed by atoms with van der Waals surface area (Å²) in [4.78, 5) is 22.7. The van der Waals surface area contributed by atoms with E-state index in [9.17, 15) is 9.59 Å². The van der Waals surface area contributed by atoms with Gasteiger partial charge in [0, 0.05) is 18.5 Å². The molecular weight excluding hydrogens is 290 g/mol. The van der Waals surface area contributed by atoms with Crippen molar-refractivity contribution in [3.8, 4) is 0 Å². The van der Waals surface area contributed by atoms with E-state index in [4.69, 9.17) is 4.74 Å². The summed E-state index contributed by atoms with van der Waals surface area (Å²) in [6, 6.07) is 8.18. The zero-order chi connectivity index (χ0) is 16.9. The normalized spacial score (nSPS) is 16.0. The summed E-state index contributed by atoms with van der Waals surface area (Å²) in [5, 5.41) is 2.66. The Morgan fingerprint density at radius 1 is 1.26 bits per heavy atom. The lowest BCUT2D eigenvalue weighted by Gasteiger charge is -2.19. The van der Waals surface area contributed by atoms with Crippen molar-refractivity contribution in [2.75, 3.05) is 6.54 Å². The van der Waals surface area contributed by atoms with Crippen LogP contribution in [-0.2, 0) is 26.3 Å². The van der Waals surface area contributed by atoms with Crippen LogP contribution in [0.25, 0.3) is 0 Å². The summed E-state index contributed by atoms with van der Waals surface area (Å²) in [5.41, 5.74) is 3.21. The van der Waals surface area contributed by atoms with E-state index in [0.29, 0.717) is 26.0 Å². The standard InChI is InChI=1S/C19H25NO3/c1-19(2,3)16-10-8-14(9-11-16)13-23-17(21)7-5-4-6-15-12-20-18(15)22/h6,8-11H,4-5,7,12-13H2,1-3H3,(H,20,22). The third-order valence-corrected chi connectivity index (χ3v) is 3.93. The van der Waals surface area contributed by atoms with Crippen LogP contribution in [0.1, 0.15) is 51.2 Å². The Kier molecular flexibility index (Phi) is 5.59. The molecule has 0 unspecified atom stereocenters. The van der Waals surface area contributed by atoms with Crippen LogP contribution >= 0.6 is 0 Å². The van der Waals surface area contributed by atoms with E-state index >= 15 is 0 Å². The Balaban J connectivity index is 1.68. The zero-order valence-corrected chi connectivity index (χ0v) is 14.1. The maximum Gasteiger partial charge on any atom is 0.306 e. The highest BCUT2D eigenvalue weighted by atomic mass is 16.5. The number of carbonyl (C=O) groups is 2. The zero-order valence-electron chi connectivity index (χ0n) is 14.1. The molecule has 4 nitrogen and oxygen atoms in total. The van der Waals surface area contributed by atoms with Gasteiger partial charge in [0.25, 0.3) is 0 Å². The number of esters is 1. The van der Waals surface area contributed by atoms with Crippen molar-refractivity contribution in [1.29, 1.82) is 0 Å². The summed E-state index contributed by atoms with van der Waals surface area (Å²) >= 11 is 0. The first-order chi connectivity index (χ1) is 10.9. The SMILES string of the molecule is CC(C)(C)c1ccc(COC(=O)CCCC=C2CNC2=O)cc1. The van der Waals surface area contributed by atoms with E-state index in [0.717, 1.165) is 17.6 Å². The van der Waals surface area contributed by atoms with Gasteiger partial charge in [0.15, 0.2) is 0 Å². The van der Waals surface area contributed by atoms with Gasteiger partial charge in [0.05, 0.1) is 0 Å². The number of ether oxygens (including phenoxy) is 1. The molecule has 1 fully saturated rings. The second-order valence-corrected chi connectivity index (χ2v) is 6.91. The first-order valence-electron chi connectivity index (χ1n) is 8.08. The minimum absolute atomic E-state index is 0.00582. The molecule has 1 N–H and O–H groups in total. The average Bonchev–Trinajstić information content (AvgIpc) is 2.50. The third kappa shape index (κ3) is 5.23. The van der Waals surface area contributed by atoms with Crippen LogP contribution in [0.15, 0.2) is 35.9 Å². The smallest absolute Gasteiger partial charge is 0.306 e. The minimum Gasteiger partial charge on any atom is -0.461 e. The van der Waals surface area contributed by atoms with Gasteiger partial charge in [0.1, 0.15) is 6.61 Å².